The first-order valence-electron chi connectivity index (χ1n) is 10.2. The highest BCUT2D eigenvalue weighted by molar-refractivity contribution is 7.15. The highest BCUT2D eigenvalue weighted by Crippen LogP contribution is 2.20. The number of imidazole rings is 1. The van der Waals surface area contributed by atoms with E-state index in [2.05, 4.69) is 20.1 Å². The summed E-state index contributed by atoms with van der Waals surface area (Å²) in [7, 11) is 0. The SMILES string of the molecule is CCOC(=O)c1ccc(-n2c(C)cc(/C=N\NC(=O)Cc3cn4ccsc4n3)c2C)cc1. The number of aromatic nitrogens is 3. The Morgan fingerprint density at radius 2 is 2.03 bits per heavy atom. The average molecular weight is 450 g/mol. The molecule has 4 aromatic rings. The average Bonchev–Trinajstić information content (AvgIpc) is 3.42. The predicted octanol–water partition coefficient (Wildman–Crippen LogP) is 3.67. The molecule has 0 aliphatic carbocycles. The second-order valence-corrected chi connectivity index (χ2v) is 8.10. The zero-order valence-electron chi connectivity index (χ0n) is 18.0. The minimum atomic E-state index is -0.334. The van der Waals surface area contributed by atoms with Crippen molar-refractivity contribution in [2.75, 3.05) is 6.61 Å². The van der Waals surface area contributed by atoms with Gasteiger partial charge < -0.3 is 9.30 Å². The van der Waals surface area contributed by atoms with Crippen molar-refractivity contribution in [2.24, 2.45) is 5.10 Å². The fourth-order valence-electron chi connectivity index (χ4n) is 3.52. The zero-order chi connectivity index (χ0) is 22.7. The number of aryl methyl sites for hydroxylation is 1. The molecule has 164 valence electrons. The quantitative estimate of drug-likeness (QED) is 0.265. The summed E-state index contributed by atoms with van der Waals surface area (Å²) in [5.74, 6) is -0.561. The number of amides is 1. The molecule has 1 amide bonds. The van der Waals surface area contributed by atoms with Crippen LogP contribution in [0.3, 0.4) is 0 Å². The molecule has 3 heterocycles. The van der Waals surface area contributed by atoms with Crippen molar-refractivity contribution in [2.45, 2.75) is 27.2 Å². The Balaban J connectivity index is 1.43. The van der Waals surface area contributed by atoms with Crippen LogP contribution >= 0.6 is 11.3 Å². The number of nitrogens with zero attached hydrogens (tertiary/aromatic N) is 4. The lowest BCUT2D eigenvalue weighted by molar-refractivity contribution is -0.120. The number of carbonyl (C=O) groups excluding carboxylic acids is 2. The van der Waals surface area contributed by atoms with Gasteiger partial charge in [-0.3, -0.25) is 9.20 Å². The topological polar surface area (TPSA) is 90.0 Å². The van der Waals surface area contributed by atoms with E-state index in [0.29, 0.717) is 17.9 Å². The van der Waals surface area contributed by atoms with Crippen LogP contribution in [-0.4, -0.2) is 38.6 Å². The normalized spacial score (nSPS) is 11.3. The van der Waals surface area contributed by atoms with E-state index >= 15 is 0 Å². The second-order valence-electron chi connectivity index (χ2n) is 7.22. The first-order chi connectivity index (χ1) is 15.5. The number of fused-ring (bicyclic) bond motifs is 1. The molecule has 32 heavy (non-hydrogen) atoms. The minimum absolute atomic E-state index is 0.164. The van der Waals surface area contributed by atoms with Crippen molar-refractivity contribution in [3.05, 3.63) is 76.3 Å². The highest BCUT2D eigenvalue weighted by atomic mass is 32.1. The van der Waals surface area contributed by atoms with E-state index < -0.39 is 0 Å². The lowest BCUT2D eigenvalue weighted by Crippen LogP contribution is -2.20. The van der Waals surface area contributed by atoms with Gasteiger partial charge in [-0.2, -0.15) is 5.10 Å². The Morgan fingerprint density at radius 1 is 1.25 bits per heavy atom. The number of carbonyl (C=O) groups is 2. The number of nitrogens with one attached hydrogen (secondary N) is 1. The summed E-state index contributed by atoms with van der Waals surface area (Å²) in [5, 5.41) is 6.06. The molecule has 0 aliphatic rings. The van der Waals surface area contributed by atoms with Crippen molar-refractivity contribution in [3.63, 3.8) is 0 Å². The van der Waals surface area contributed by atoms with Crippen molar-refractivity contribution in [1.82, 2.24) is 19.4 Å². The van der Waals surface area contributed by atoms with Gasteiger partial charge in [0, 0.05) is 40.4 Å². The number of benzene rings is 1. The summed E-state index contributed by atoms with van der Waals surface area (Å²) < 4.78 is 8.99. The molecular weight excluding hydrogens is 426 g/mol. The number of hydrogen-bond donors (Lipinski definition) is 1. The molecule has 0 saturated heterocycles. The highest BCUT2D eigenvalue weighted by Gasteiger charge is 2.12. The predicted molar refractivity (Wildman–Crippen MR) is 124 cm³/mol. The largest absolute Gasteiger partial charge is 0.462 e. The van der Waals surface area contributed by atoms with Gasteiger partial charge in [0.2, 0.25) is 5.91 Å². The first-order valence-corrected chi connectivity index (χ1v) is 11.0. The van der Waals surface area contributed by atoms with Gasteiger partial charge >= 0.3 is 5.97 Å². The molecule has 3 aromatic heterocycles. The zero-order valence-corrected chi connectivity index (χ0v) is 18.8. The van der Waals surface area contributed by atoms with Crippen LogP contribution in [0.4, 0.5) is 0 Å². The van der Waals surface area contributed by atoms with Gasteiger partial charge in [-0.05, 0) is 51.1 Å². The molecule has 0 radical (unpaired) electrons. The molecule has 8 nitrogen and oxygen atoms in total. The fraction of sp³-hybridized carbons (Fsp3) is 0.217. The van der Waals surface area contributed by atoms with Crippen LogP contribution in [0.5, 0.6) is 0 Å². The number of hydrazone groups is 1. The maximum absolute atomic E-state index is 12.2. The Kier molecular flexibility index (Phi) is 6.18. The summed E-state index contributed by atoms with van der Waals surface area (Å²) in [4.78, 5) is 29.3. The molecule has 0 fully saturated rings. The standard InChI is InChI=1S/C23H23N5O3S/c1-4-31-22(30)17-5-7-20(8-6-17)28-15(2)11-18(16(28)3)13-24-26-21(29)12-19-14-27-9-10-32-23(27)25-19/h5-11,13-14H,4,12H2,1-3H3,(H,26,29)/b24-13-. The summed E-state index contributed by atoms with van der Waals surface area (Å²) in [6.07, 6.45) is 5.55. The van der Waals surface area contributed by atoms with Crippen molar-refractivity contribution in [3.8, 4) is 5.69 Å². The smallest absolute Gasteiger partial charge is 0.338 e. The third-order valence-electron chi connectivity index (χ3n) is 4.98. The van der Waals surface area contributed by atoms with E-state index in [1.165, 1.54) is 11.3 Å². The van der Waals surface area contributed by atoms with Crippen LogP contribution in [0.1, 0.15) is 39.9 Å². The number of thiazole rings is 1. The van der Waals surface area contributed by atoms with Gasteiger partial charge in [0.1, 0.15) is 0 Å². The van der Waals surface area contributed by atoms with Gasteiger partial charge in [-0.15, -0.1) is 11.3 Å². The summed E-state index contributed by atoms with van der Waals surface area (Å²) in [5.41, 5.74) is 7.58. The van der Waals surface area contributed by atoms with Gasteiger partial charge in [-0.25, -0.2) is 15.2 Å². The lowest BCUT2D eigenvalue weighted by Gasteiger charge is -2.10. The van der Waals surface area contributed by atoms with Crippen molar-refractivity contribution in [1.29, 1.82) is 0 Å². The van der Waals surface area contributed by atoms with Crippen LogP contribution in [-0.2, 0) is 16.0 Å². The van der Waals surface area contributed by atoms with Crippen LogP contribution in [0.2, 0.25) is 0 Å². The van der Waals surface area contributed by atoms with E-state index in [-0.39, 0.29) is 18.3 Å². The number of hydrogen-bond acceptors (Lipinski definition) is 6. The van der Waals surface area contributed by atoms with E-state index in [4.69, 9.17) is 4.74 Å². The maximum Gasteiger partial charge on any atom is 0.338 e. The number of rotatable bonds is 7. The monoisotopic (exact) mass is 449 g/mol. The van der Waals surface area contributed by atoms with Gasteiger partial charge in [0.05, 0.1) is 30.5 Å². The molecule has 0 aliphatic heterocycles. The van der Waals surface area contributed by atoms with Crippen molar-refractivity contribution >= 4 is 34.4 Å². The summed E-state index contributed by atoms with van der Waals surface area (Å²) in [6, 6.07) is 9.25. The second kappa shape index (κ2) is 9.19. The molecular formula is C23H23N5O3S. The minimum Gasteiger partial charge on any atom is -0.462 e. The number of esters is 1. The van der Waals surface area contributed by atoms with Crippen molar-refractivity contribution < 1.29 is 14.3 Å². The van der Waals surface area contributed by atoms with E-state index in [1.54, 1.807) is 25.3 Å². The molecule has 0 saturated carbocycles. The van der Waals surface area contributed by atoms with E-state index in [0.717, 1.165) is 27.6 Å². The van der Waals surface area contributed by atoms with E-state index in [9.17, 15) is 9.59 Å². The van der Waals surface area contributed by atoms with Crippen LogP contribution < -0.4 is 5.43 Å². The molecule has 0 unspecified atom stereocenters. The summed E-state index contributed by atoms with van der Waals surface area (Å²) >= 11 is 1.52. The molecule has 4 rings (SSSR count). The third-order valence-corrected chi connectivity index (χ3v) is 5.76. The molecule has 9 heteroatoms. The Bertz CT molecular complexity index is 1270. The summed E-state index contributed by atoms with van der Waals surface area (Å²) in [6.45, 7) is 6.10. The van der Waals surface area contributed by atoms with Gasteiger partial charge in [0.25, 0.3) is 0 Å². The van der Waals surface area contributed by atoms with E-state index in [1.807, 2.05) is 54.2 Å². The van der Waals surface area contributed by atoms with Crippen LogP contribution in [0.25, 0.3) is 10.6 Å². The Morgan fingerprint density at radius 3 is 2.75 bits per heavy atom. The van der Waals surface area contributed by atoms with Gasteiger partial charge in [-0.1, -0.05) is 0 Å². The number of ether oxygens (including phenoxy) is 1. The molecule has 0 spiro atoms. The van der Waals surface area contributed by atoms with Crippen LogP contribution in [0.15, 0.2) is 53.2 Å². The maximum atomic E-state index is 12.2. The first kappa shape index (κ1) is 21.5. The van der Waals surface area contributed by atoms with Crippen LogP contribution in [0, 0.1) is 13.8 Å². The molecule has 1 N–H and O–H groups in total. The Hall–Kier alpha value is -3.72. The Labute approximate surface area is 189 Å². The van der Waals surface area contributed by atoms with Gasteiger partial charge in [0.15, 0.2) is 4.96 Å². The molecule has 1 aromatic carbocycles. The lowest BCUT2D eigenvalue weighted by atomic mass is 10.2. The molecule has 0 bridgehead atoms. The molecule has 0 atom stereocenters. The fourth-order valence-corrected chi connectivity index (χ4v) is 4.23. The third kappa shape index (κ3) is 4.47.